The lowest BCUT2D eigenvalue weighted by Gasteiger charge is -2.35. The first-order valence-electron chi connectivity index (χ1n) is 10.6. The largest absolute Gasteiger partial charge is 0.347 e. The summed E-state index contributed by atoms with van der Waals surface area (Å²) in [4.78, 5) is 19.8. The fourth-order valence-electron chi connectivity index (χ4n) is 4.12. The Hall–Kier alpha value is -2.80. The van der Waals surface area contributed by atoms with E-state index in [1.54, 1.807) is 12.1 Å². The van der Waals surface area contributed by atoms with Gasteiger partial charge in [-0.3, -0.25) is 4.79 Å². The van der Waals surface area contributed by atoms with E-state index in [1.165, 1.54) is 29.2 Å². The number of nitrogens with zero attached hydrogens (tertiary/aromatic N) is 3. The Labute approximate surface area is 186 Å². The molecular formula is C24H27FN4OS. The lowest BCUT2D eigenvalue weighted by atomic mass is 9.86. The number of piperidine rings is 1. The molecule has 2 unspecified atom stereocenters. The van der Waals surface area contributed by atoms with Crippen molar-refractivity contribution in [2.75, 3.05) is 23.3 Å². The van der Waals surface area contributed by atoms with Crippen molar-refractivity contribution in [1.82, 2.24) is 9.36 Å². The van der Waals surface area contributed by atoms with Gasteiger partial charge in [-0.1, -0.05) is 36.8 Å². The van der Waals surface area contributed by atoms with Crippen LogP contribution in [-0.2, 0) is 11.2 Å². The zero-order valence-corrected chi connectivity index (χ0v) is 18.9. The van der Waals surface area contributed by atoms with Gasteiger partial charge in [-0.2, -0.15) is 4.37 Å². The highest BCUT2D eigenvalue weighted by molar-refractivity contribution is 7.09. The molecule has 1 aromatic heterocycles. The number of aryl methyl sites for hydroxylation is 2. The van der Waals surface area contributed by atoms with Crippen LogP contribution < -0.4 is 10.2 Å². The lowest BCUT2D eigenvalue weighted by Crippen LogP contribution is -2.43. The quantitative estimate of drug-likeness (QED) is 0.610. The fraction of sp³-hybridized carbons (Fsp3) is 0.375. The van der Waals surface area contributed by atoms with Crippen molar-refractivity contribution in [2.45, 2.75) is 33.6 Å². The average Bonchev–Trinajstić information content (AvgIpc) is 3.20. The van der Waals surface area contributed by atoms with E-state index in [1.807, 2.05) is 19.1 Å². The van der Waals surface area contributed by atoms with Gasteiger partial charge in [0.05, 0.1) is 0 Å². The average molecular weight is 439 g/mol. The third-order valence-electron chi connectivity index (χ3n) is 5.89. The normalized spacial score (nSPS) is 18.8. The molecule has 0 saturated carbocycles. The van der Waals surface area contributed by atoms with Gasteiger partial charge >= 0.3 is 0 Å². The summed E-state index contributed by atoms with van der Waals surface area (Å²) in [5.74, 6) is 0.781. The monoisotopic (exact) mass is 438 g/mol. The number of hydrogen-bond donors (Lipinski definition) is 1. The predicted octanol–water partition coefficient (Wildman–Crippen LogP) is 4.99. The molecule has 1 aliphatic heterocycles. The summed E-state index contributed by atoms with van der Waals surface area (Å²) in [6.45, 7) is 7.75. The van der Waals surface area contributed by atoms with E-state index in [2.05, 4.69) is 39.5 Å². The Bertz CT molecular complexity index is 1070. The number of carbonyl (C=O) groups is 1. The first-order valence-corrected chi connectivity index (χ1v) is 11.4. The van der Waals surface area contributed by atoms with Crippen LogP contribution in [0.25, 0.3) is 0 Å². The van der Waals surface area contributed by atoms with Crippen LogP contribution in [0.4, 0.5) is 15.2 Å². The van der Waals surface area contributed by atoms with E-state index >= 15 is 0 Å². The zero-order valence-electron chi connectivity index (χ0n) is 18.1. The maximum atomic E-state index is 13.1. The molecule has 4 rings (SSSR count). The molecule has 0 spiro atoms. The summed E-state index contributed by atoms with van der Waals surface area (Å²) in [5.41, 5.74) is 4.15. The second kappa shape index (κ2) is 9.14. The van der Waals surface area contributed by atoms with Crippen molar-refractivity contribution >= 4 is 28.3 Å². The highest BCUT2D eigenvalue weighted by Gasteiger charge is 2.32. The fourth-order valence-corrected chi connectivity index (χ4v) is 4.84. The van der Waals surface area contributed by atoms with Gasteiger partial charge in [-0.15, -0.1) is 0 Å². The molecule has 7 heteroatoms. The molecule has 2 aromatic carbocycles. The number of carbonyl (C=O) groups excluding carboxylic acids is 1. The molecule has 1 aliphatic rings. The van der Waals surface area contributed by atoms with Gasteiger partial charge in [0.15, 0.2) is 0 Å². The smallest absolute Gasteiger partial charge is 0.227 e. The molecule has 1 amide bonds. The van der Waals surface area contributed by atoms with Crippen LogP contribution in [0.1, 0.15) is 35.9 Å². The molecule has 162 valence electrons. The van der Waals surface area contributed by atoms with Crippen LogP contribution >= 0.6 is 11.5 Å². The van der Waals surface area contributed by atoms with Crippen molar-refractivity contribution < 1.29 is 9.18 Å². The Morgan fingerprint density at radius 2 is 2.00 bits per heavy atom. The highest BCUT2D eigenvalue weighted by atomic mass is 32.1. The van der Waals surface area contributed by atoms with E-state index in [4.69, 9.17) is 0 Å². The van der Waals surface area contributed by atoms with Gasteiger partial charge in [0.2, 0.25) is 11.0 Å². The van der Waals surface area contributed by atoms with Crippen molar-refractivity contribution in [3.05, 3.63) is 70.8 Å². The molecule has 0 bridgehead atoms. The molecule has 0 aliphatic carbocycles. The molecule has 1 saturated heterocycles. The maximum Gasteiger partial charge on any atom is 0.227 e. The molecule has 2 heterocycles. The van der Waals surface area contributed by atoms with Crippen LogP contribution in [0, 0.1) is 31.5 Å². The van der Waals surface area contributed by atoms with Crippen LogP contribution in [0.3, 0.4) is 0 Å². The van der Waals surface area contributed by atoms with Crippen LogP contribution in [0.15, 0.2) is 42.5 Å². The van der Waals surface area contributed by atoms with E-state index in [0.29, 0.717) is 6.42 Å². The van der Waals surface area contributed by atoms with Crippen molar-refractivity contribution in [2.24, 2.45) is 11.8 Å². The summed E-state index contributed by atoms with van der Waals surface area (Å²) < 4.78 is 17.6. The van der Waals surface area contributed by atoms with Crippen LogP contribution in [0.5, 0.6) is 0 Å². The Morgan fingerprint density at radius 3 is 2.71 bits per heavy atom. The van der Waals surface area contributed by atoms with Crippen molar-refractivity contribution in [3.63, 3.8) is 0 Å². The van der Waals surface area contributed by atoms with Crippen molar-refractivity contribution in [1.29, 1.82) is 0 Å². The second-order valence-corrected chi connectivity index (χ2v) is 9.15. The lowest BCUT2D eigenvalue weighted by molar-refractivity contribution is -0.121. The molecule has 1 N–H and O–H groups in total. The molecular weight excluding hydrogens is 411 g/mol. The number of benzene rings is 2. The van der Waals surface area contributed by atoms with Crippen LogP contribution in [-0.4, -0.2) is 28.4 Å². The minimum absolute atomic E-state index is 0.0245. The highest BCUT2D eigenvalue weighted by Crippen LogP contribution is 2.30. The molecule has 0 radical (unpaired) electrons. The number of hydrogen-bond acceptors (Lipinski definition) is 5. The van der Waals surface area contributed by atoms with Gasteiger partial charge in [0, 0.05) is 42.6 Å². The molecule has 3 aromatic rings. The summed E-state index contributed by atoms with van der Waals surface area (Å²) in [7, 11) is 0. The summed E-state index contributed by atoms with van der Waals surface area (Å²) in [5, 5.41) is 4.00. The minimum Gasteiger partial charge on any atom is -0.347 e. The number of amides is 1. The number of halogens is 1. The SMILES string of the molecule is Cc1ccc(NC(=O)C2CCN(c3nc(Cc4ccc(F)cc4)ns3)CC2C)c(C)c1. The van der Waals surface area contributed by atoms with Gasteiger partial charge in [-0.25, -0.2) is 9.37 Å². The number of nitrogens with one attached hydrogen (secondary N) is 1. The van der Waals surface area contributed by atoms with E-state index < -0.39 is 0 Å². The van der Waals surface area contributed by atoms with E-state index in [0.717, 1.165) is 47.3 Å². The summed E-state index contributed by atoms with van der Waals surface area (Å²) in [6.07, 6.45) is 1.37. The molecule has 5 nitrogen and oxygen atoms in total. The number of rotatable bonds is 5. The number of anilines is 2. The van der Waals surface area contributed by atoms with Gasteiger partial charge in [0.1, 0.15) is 11.6 Å². The third kappa shape index (κ3) is 5.10. The summed E-state index contributed by atoms with van der Waals surface area (Å²) >= 11 is 1.39. The van der Waals surface area contributed by atoms with E-state index in [-0.39, 0.29) is 23.6 Å². The second-order valence-electron chi connectivity index (χ2n) is 8.42. The summed E-state index contributed by atoms with van der Waals surface area (Å²) in [6, 6.07) is 12.5. The zero-order chi connectivity index (χ0) is 22.0. The third-order valence-corrected chi connectivity index (χ3v) is 6.70. The van der Waals surface area contributed by atoms with Gasteiger partial charge in [0.25, 0.3) is 0 Å². The first-order chi connectivity index (χ1) is 14.9. The first kappa shape index (κ1) is 21.4. The Balaban J connectivity index is 1.36. The molecule has 31 heavy (non-hydrogen) atoms. The Kier molecular flexibility index (Phi) is 6.32. The molecule has 2 atom stereocenters. The Morgan fingerprint density at radius 1 is 1.23 bits per heavy atom. The minimum atomic E-state index is -0.242. The van der Waals surface area contributed by atoms with Gasteiger partial charge < -0.3 is 10.2 Å². The van der Waals surface area contributed by atoms with E-state index in [9.17, 15) is 9.18 Å². The topological polar surface area (TPSA) is 58.1 Å². The number of aromatic nitrogens is 2. The van der Waals surface area contributed by atoms with Crippen LogP contribution in [0.2, 0.25) is 0 Å². The van der Waals surface area contributed by atoms with Gasteiger partial charge in [-0.05, 0) is 55.5 Å². The predicted molar refractivity (Wildman–Crippen MR) is 123 cm³/mol. The van der Waals surface area contributed by atoms with Crippen molar-refractivity contribution in [3.8, 4) is 0 Å². The standard InChI is InChI=1S/C24H27FN4OS/c1-15-4-9-21(16(2)12-15)26-23(30)20-10-11-29(14-17(20)3)24-27-22(28-31-24)13-18-5-7-19(25)8-6-18/h4-9,12,17,20H,10-11,13-14H2,1-3H3,(H,26,30). The maximum absolute atomic E-state index is 13.1. The molecule has 1 fully saturated rings.